The summed E-state index contributed by atoms with van der Waals surface area (Å²) in [5, 5.41) is 15.6. The molecule has 4 aromatic rings. The first kappa shape index (κ1) is 22.8. The van der Waals surface area contributed by atoms with E-state index in [2.05, 4.69) is 20.6 Å². The predicted octanol–water partition coefficient (Wildman–Crippen LogP) is 2.69. The number of carbonyl (C=O) groups excluding carboxylic acids is 1. The molecule has 4 rings (SSSR count). The molecule has 0 spiro atoms. The standard InChI is InChI=1S/C24H25N5O5/c1-16-4-7-18(8-5-16)34-15-22(30)25-12-13-33-23-11-10-21-26-27-24(29(21)28-23)17-6-9-19(31-2)20(14-17)32-3/h4-11,14H,12-13,15H2,1-3H3,(H,25,30). The highest BCUT2D eigenvalue weighted by atomic mass is 16.5. The third-order valence-corrected chi connectivity index (χ3v) is 4.95. The van der Waals surface area contributed by atoms with Gasteiger partial charge in [0.1, 0.15) is 12.4 Å². The molecule has 0 aliphatic carbocycles. The molecule has 2 aromatic heterocycles. The van der Waals surface area contributed by atoms with E-state index in [1.807, 2.05) is 37.3 Å². The quantitative estimate of drug-likeness (QED) is 0.358. The van der Waals surface area contributed by atoms with Crippen LogP contribution in [0.15, 0.2) is 54.6 Å². The van der Waals surface area contributed by atoms with E-state index in [-0.39, 0.29) is 19.1 Å². The number of amides is 1. The Morgan fingerprint density at radius 2 is 1.74 bits per heavy atom. The lowest BCUT2D eigenvalue weighted by Gasteiger charge is -2.10. The highest BCUT2D eigenvalue weighted by Gasteiger charge is 2.13. The lowest BCUT2D eigenvalue weighted by molar-refractivity contribution is -0.123. The van der Waals surface area contributed by atoms with Gasteiger partial charge < -0.3 is 24.3 Å². The molecule has 0 saturated heterocycles. The molecule has 10 heteroatoms. The molecule has 10 nitrogen and oxygen atoms in total. The topological polar surface area (TPSA) is 109 Å². The number of hydrogen-bond acceptors (Lipinski definition) is 8. The van der Waals surface area contributed by atoms with Crippen LogP contribution in [0.1, 0.15) is 5.56 Å². The fourth-order valence-electron chi connectivity index (χ4n) is 3.18. The number of nitrogens with one attached hydrogen (secondary N) is 1. The second-order valence-electron chi connectivity index (χ2n) is 7.34. The molecule has 34 heavy (non-hydrogen) atoms. The molecule has 0 bridgehead atoms. The van der Waals surface area contributed by atoms with Crippen molar-refractivity contribution in [3.63, 3.8) is 0 Å². The van der Waals surface area contributed by atoms with Gasteiger partial charge in [-0.3, -0.25) is 4.79 Å². The number of benzene rings is 2. The Morgan fingerprint density at radius 1 is 0.941 bits per heavy atom. The van der Waals surface area contributed by atoms with Crippen molar-refractivity contribution in [2.45, 2.75) is 6.92 Å². The molecule has 0 unspecified atom stereocenters. The van der Waals surface area contributed by atoms with Crippen molar-refractivity contribution in [2.75, 3.05) is 34.0 Å². The second kappa shape index (κ2) is 10.5. The van der Waals surface area contributed by atoms with Crippen LogP contribution in [-0.4, -0.2) is 59.7 Å². The van der Waals surface area contributed by atoms with Crippen LogP contribution in [0.3, 0.4) is 0 Å². The Kier molecular flexibility index (Phi) is 7.07. The van der Waals surface area contributed by atoms with Crippen molar-refractivity contribution in [2.24, 2.45) is 0 Å². The molecule has 1 N–H and O–H groups in total. The fraction of sp³-hybridized carbons (Fsp3) is 0.250. The number of fused-ring (bicyclic) bond motifs is 1. The van der Waals surface area contributed by atoms with Crippen LogP contribution < -0.4 is 24.3 Å². The van der Waals surface area contributed by atoms with E-state index in [1.165, 1.54) is 0 Å². The largest absolute Gasteiger partial charge is 0.493 e. The van der Waals surface area contributed by atoms with Gasteiger partial charge in [-0.25, -0.2) is 0 Å². The van der Waals surface area contributed by atoms with Crippen molar-refractivity contribution >= 4 is 11.6 Å². The van der Waals surface area contributed by atoms with Crippen molar-refractivity contribution < 1.29 is 23.7 Å². The van der Waals surface area contributed by atoms with E-state index >= 15 is 0 Å². The van der Waals surface area contributed by atoms with Crippen LogP contribution in [0, 0.1) is 6.92 Å². The smallest absolute Gasteiger partial charge is 0.258 e. The van der Waals surface area contributed by atoms with Crippen LogP contribution in [0.2, 0.25) is 0 Å². The van der Waals surface area contributed by atoms with Crippen LogP contribution in [0.25, 0.3) is 17.0 Å². The van der Waals surface area contributed by atoms with Crippen molar-refractivity contribution in [3.05, 3.63) is 60.2 Å². The summed E-state index contributed by atoms with van der Waals surface area (Å²) in [5.74, 6) is 2.51. The predicted molar refractivity (Wildman–Crippen MR) is 125 cm³/mol. The molecule has 0 aliphatic rings. The summed E-state index contributed by atoms with van der Waals surface area (Å²) in [7, 11) is 3.15. The maximum atomic E-state index is 12.0. The van der Waals surface area contributed by atoms with Gasteiger partial charge in [-0.2, -0.15) is 4.52 Å². The monoisotopic (exact) mass is 463 g/mol. The van der Waals surface area contributed by atoms with Gasteiger partial charge in [-0.15, -0.1) is 15.3 Å². The minimum Gasteiger partial charge on any atom is -0.493 e. The van der Waals surface area contributed by atoms with Gasteiger partial charge in [0, 0.05) is 11.6 Å². The Labute approximate surface area is 196 Å². The highest BCUT2D eigenvalue weighted by molar-refractivity contribution is 5.77. The van der Waals surface area contributed by atoms with Gasteiger partial charge in [0.05, 0.1) is 20.8 Å². The summed E-state index contributed by atoms with van der Waals surface area (Å²) >= 11 is 0. The number of ether oxygens (including phenoxy) is 4. The molecule has 1 amide bonds. The molecule has 2 heterocycles. The first-order valence-electron chi connectivity index (χ1n) is 10.6. The number of rotatable bonds is 10. The third-order valence-electron chi connectivity index (χ3n) is 4.95. The van der Waals surface area contributed by atoms with Gasteiger partial charge in [0.2, 0.25) is 5.88 Å². The van der Waals surface area contributed by atoms with Crippen LogP contribution in [-0.2, 0) is 4.79 Å². The first-order chi connectivity index (χ1) is 16.6. The molecule has 0 aliphatic heterocycles. The summed E-state index contributed by atoms with van der Waals surface area (Å²) in [4.78, 5) is 12.0. The van der Waals surface area contributed by atoms with Gasteiger partial charge in [0.25, 0.3) is 5.91 Å². The molecular weight excluding hydrogens is 438 g/mol. The Hall–Kier alpha value is -4.34. The van der Waals surface area contributed by atoms with Crippen molar-refractivity contribution in [3.8, 4) is 34.5 Å². The molecular formula is C24H25N5O5. The number of aryl methyl sites for hydroxylation is 1. The third kappa shape index (κ3) is 5.34. The van der Waals surface area contributed by atoms with E-state index in [9.17, 15) is 4.79 Å². The van der Waals surface area contributed by atoms with Gasteiger partial charge >= 0.3 is 0 Å². The van der Waals surface area contributed by atoms with E-state index < -0.39 is 0 Å². The Bertz CT molecular complexity index is 1270. The fourth-order valence-corrected chi connectivity index (χ4v) is 3.18. The number of methoxy groups -OCH3 is 2. The molecule has 0 radical (unpaired) electrons. The zero-order valence-corrected chi connectivity index (χ0v) is 19.1. The zero-order valence-electron chi connectivity index (χ0n) is 19.1. The maximum absolute atomic E-state index is 12.0. The minimum absolute atomic E-state index is 0.0668. The summed E-state index contributed by atoms with van der Waals surface area (Å²) in [6, 6.07) is 16.4. The van der Waals surface area contributed by atoms with Crippen molar-refractivity contribution in [1.29, 1.82) is 0 Å². The van der Waals surface area contributed by atoms with Crippen LogP contribution in [0.4, 0.5) is 0 Å². The summed E-state index contributed by atoms with van der Waals surface area (Å²) in [5.41, 5.74) is 2.46. The molecule has 176 valence electrons. The zero-order chi connectivity index (χ0) is 23.9. The molecule has 0 saturated carbocycles. The van der Waals surface area contributed by atoms with E-state index in [0.29, 0.717) is 41.1 Å². The molecule has 0 fully saturated rings. The average molecular weight is 463 g/mol. The molecule has 2 aromatic carbocycles. The Morgan fingerprint density at radius 3 is 2.50 bits per heavy atom. The van der Waals surface area contributed by atoms with Crippen molar-refractivity contribution in [1.82, 2.24) is 25.1 Å². The Balaban J connectivity index is 1.33. The number of carbonyl (C=O) groups is 1. The minimum atomic E-state index is -0.234. The maximum Gasteiger partial charge on any atom is 0.258 e. The number of nitrogens with zero attached hydrogens (tertiary/aromatic N) is 4. The number of aromatic nitrogens is 4. The lowest BCUT2D eigenvalue weighted by atomic mass is 10.2. The number of hydrogen-bond donors (Lipinski definition) is 1. The average Bonchev–Trinajstić information content (AvgIpc) is 3.29. The molecule has 0 atom stereocenters. The van der Waals surface area contributed by atoms with E-state index in [1.54, 1.807) is 43.0 Å². The van der Waals surface area contributed by atoms with Crippen LogP contribution in [0.5, 0.6) is 23.1 Å². The van der Waals surface area contributed by atoms with E-state index in [4.69, 9.17) is 18.9 Å². The first-order valence-corrected chi connectivity index (χ1v) is 10.6. The van der Waals surface area contributed by atoms with Gasteiger partial charge in [-0.05, 0) is 43.3 Å². The summed E-state index contributed by atoms with van der Waals surface area (Å²) < 4.78 is 23.4. The lowest BCUT2D eigenvalue weighted by Crippen LogP contribution is -2.32. The SMILES string of the molecule is COc1ccc(-c2nnc3ccc(OCCNC(=O)COc4ccc(C)cc4)nn23)cc1OC. The summed E-state index contributed by atoms with van der Waals surface area (Å²) in [6.45, 7) is 2.47. The highest BCUT2D eigenvalue weighted by Crippen LogP contribution is 2.31. The van der Waals surface area contributed by atoms with Gasteiger partial charge in [0.15, 0.2) is 29.6 Å². The normalized spacial score (nSPS) is 10.7. The van der Waals surface area contributed by atoms with Gasteiger partial charge in [-0.1, -0.05) is 17.7 Å². The van der Waals surface area contributed by atoms with E-state index in [0.717, 1.165) is 11.1 Å². The summed E-state index contributed by atoms with van der Waals surface area (Å²) in [6.07, 6.45) is 0. The second-order valence-corrected chi connectivity index (χ2v) is 7.34. The van der Waals surface area contributed by atoms with Crippen LogP contribution >= 0.6 is 0 Å².